The van der Waals surface area contributed by atoms with E-state index in [1.54, 1.807) is 0 Å². The van der Waals surface area contributed by atoms with Crippen molar-refractivity contribution in [1.29, 1.82) is 0 Å². The molecule has 0 fully saturated rings. The molecule has 0 bridgehead atoms. The Morgan fingerprint density at radius 3 is 1.37 bits per heavy atom. The number of benzene rings is 2. The van der Waals surface area contributed by atoms with Gasteiger partial charge in [0.25, 0.3) is 0 Å². The van der Waals surface area contributed by atoms with Crippen LogP contribution < -0.4 is 0 Å². The van der Waals surface area contributed by atoms with Gasteiger partial charge in [0.15, 0.2) is 0 Å². The molecule has 0 heterocycles. The molecule has 0 aromatic heterocycles. The van der Waals surface area contributed by atoms with Gasteiger partial charge in [-0.2, -0.15) is 0 Å². The second kappa shape index (κ2) is 13.4. The minimum Gasteiger partial charge on any atom is 0 e. The molecule has 0 N–H and O–H groups in total. The van der Waals surface area contributed by atoms with Crippen LogP contribution in [0.2, 0.25) is 0 Å². The van der Waals surface area contributed by atoms with Gasteiger partial charge in [-0.15, -0.1) is 0 Å². The normalized spacial score (nSPS) is 8.53. The van der Waals surface area contributed by atoms with Crippen LogP contribution in [0.4, 0.5) is 0 Å². The Bertz CT molecular complexity index is 456. The first-order valence-electron chi connectivity index (χ1n) is 5.15. The van der Waals surface area contributed by atoms with Crippen molar-refractivity contribution in [2.24, 2.45) is 0 Å². The molecule has 5 heteroatoms. The summed E-state index contributed by atoms with van der Waals surface area (Å²) in [6, 6.07) is 20.8. The van der Waals surface area contributed by atoms with E-state index in [1.165, 1.54) is 19.0 Å². The smallest absolute Gasteiger partial charge is 0 e. The summed E-state index contributed by atoms with van der Waals surface area (Å²) >= 11 is -0.106. The van der Waals surface area contributed by atoms with Crippen molar-refractivity contribution in [2.75, 3.05) is 0 Å². The van der Waals surface area contributed by atoms with E-state index in [0.717, 1.165) is 0 Å². The van der Waals surface area contributed by atoms with E-state index in [2.05, 4.69) is 60.1 Å². The summed E-state index contributed by atoms with van der Waals surface area (Å²) < 4.78 is 0. The number of halogens is 2. The third-order valence-electron chi connectivity index (χ3n) is 2.05. The van der Waals surface area contributed by atoms with E-state index in [9.17, 15) is 0 Å². The van der Waals surface area contributed by atoms with Crippen LogP contribution in [0.5, 0.6) is 0 Å². The van der Waals surface area contributed by atoms with E-state index < -0.39 is 0 Å². The Hall–Kier alpha value is 0.372. The predicted octanol–water partition coefficient (Wildman–Crippen LogP) is 5.01. The fourth-order valence-corrected chi connectivity index (χ4v) is 2.05. The zero-order valence-corrected chi connectivity index (χ0v) is 14.9. The zero-order chi connectivity index (χ0) is 13.1. The Balaban J connectivity index is 0.000000742. The molecule has 0 atom stereocenters. The van der Waals surface area contributed by atoms with Crippen molar-refractivity contribution in [1.82, 2.24) is 0 Å². The van der Waals surface area contributed by atoms with Crippen LogP contribution >= 0.6 is 26.9 Å². The SMILES string of the molecule is C(=[P]=Cc1ccccc1)c1ccccc1.[Cl][Pd][Cl].[Fe]. The second-order valence-corrected chi connectivity index (χ2v) is 6.45. The van der Waals surface area contributed by atoms with E-state index in [1.807, 2.05) is 12.1 Å². The Morgan fingerprint density at radius 1 is 0.737 bits per heavy atom. The standard InChI is InChI=1S/C14H12P.2ClH.Fe.Pd/c1-3-7-13(8-4-1)11-15-12-14-9-5-2-6-10-14;;;;/h1-12H;2*1H;;/q;;;;+2/p-2. The maximum absolute atomic E-state index is 4.81. The average Bonchev–Trinajstić information content (AvgIpc) is 2.42. The summed E-state index contributed by atoms with van der Waals surface area (Å²) in [5.41, 5.74) is 2.54. The molecule has 105 valence electrons. The second-order valence-electron chi connectivity index (χ2n) is 3.27. The summed E-state index contributed by atoms with van der Waals surface area (Å²) in [5.74, 6) is 4.40. The summed E-state index contributed by atoms with van der Waals surface area (Å²) in [6.45, 7) is 0. The third-order valence-corrected chi connectivity index (χ3v) is 2.94. The molecular weight excluding hydrogens is 432 g/mol. The summed E-state index contributed by atoms with van der Waals surface area (Å²) in [6.07, 6.45) is 0. The van der Waals surface area contributed by atoms with E-state index in [-0.39, 0.29) is 33.0 Å². The fourth-order valence-electron chi connectivity index (χ4n) is 1.29. The molecular formula is C14H12Cl2FePPd. The van der Waals surface area contributed by atoms with Gasteiger partial charge in [-0.05, 0) is 0 Å². The molecule has 0 nitrogen and oxygen atoms in total. The molecule has 0 aliphatic carbocycles. The Kier molecular flexibility index (Phi) is 13.6. The predicted molar refractivity (Wildman–Crippen MR) is 81.8 cm³/mol. The minimum atomic E-state index is -0.106. The summed E-state index contributed by atoms with van der Waals surface area (Å²) in [5, 5.41) is 0. The van der Waals surface area contributed by atoms with Crippen molar-refractivity contribution >= 4 is 38.5 Å². The Morgan fingerprint density at radius 2 is 1.05 bits per heavy atom. The molecule has 1 radical (unpaired) electrons. The van der Waals surface area contributed by atoms with Gasteiger partial charge in [0.05, 0.1) is 0 Å². The topological polar surface area (TPSA) is 0 Å². The van der Waals surface area contributed by atoms with Crippen LogP contribution in [0.3, 0.4) is 0 Å². The van der Waals surface area contributed by atoms with E-state index in [0.29, 0.717) is 0 Å². The van der Waals surface area contributed by atoms with Gasteiger partial charge in [0.2, 0.25) is 0 Å². The van der Waals surface area contributed by atoms with Gasteiger partial charge < -0.3 is 0 Å². The minimum absolute atomic E-state index is 0. The van der Waals surface area contributed by atoms with Crippen LogP contribution in [0.1, 0.15) is 11.1 Å². The van der Waals surface area contributed by atoms with Crippen LogP contribution in [-0.2, 0) is 33.0 Å². The van der Waals surface area contributed by atoms with Crippen LogP contribution in [0.15, 0.2) is 60.7 Å². The van der Waals surface area contributed by atoms with Crippen molar-refractivity contribution in [3.8, 4) is 0 Å². The van der Waals surface area contributed by atoms with Gasteiger partial charge in [-0.3, -0.25) is 0 Å². The number of hydrogen-bond donors (Lipinski definition) is 0. The van der Waals surface area contributed by atoms with Gasteiger partial charge in [-0.1, -0.05) is 0 Å². The van der Waals surface area contributed by atoms with E-state index in [4.69, 9.17) is 19.1 Å². The largest absolute Gasteiger partial charge is 0 e. The zero-order valence-electron chi connectivity index (χ0n) is 9.80. The summed E-state index contributed by atoms with van der Waals surface area (Å²) in [7, 11) is 10.9. The molecule has 0 amide bonds. The molecule has 0 saturated carbocycles. The molecule has 19 heavy (non-hydrogen) atoms. The number of rotatable bonds is 2. The van der Waals surface area contributed by atoms with Crippen LogP contribution in [0, 0.1) is 0 Å². The monoisotopic (exact) mass is 443 g/mol. The van der Waals surface area contributed by atoms with Crippen LogP contribution in [-0.4, -0.2) is 11.6 Å². The van der Waals surface area contributed by atoms with Crippen molar-refractivity contribution < 1.29 is 33.0 Å². The fraction of sp³-hybridized carbons (Fsp3) is 0. The van der Waals surface area contributed by atoms with Gasteiger partial charge in [0, 0.05) is 17.1 Å². The number of hydrogen-bond acceptors (Lipinski definition) is 0. The van der Waals surface area contributed by atoms with Crippen molar-refractivity contribution in [2.45, 2.75) is 0 Å². The van der Waals surface area contributed by atoms with Crippen LogP contribution in [0.25, 0.3) is 0 Å². The molecule has 2 aromatic carbocycles. The van der Waals surface area contributed by atoms with Crippen molar-refractivity contribution in [3.63, 3.8) is 0 Å². The first kappa shape index (κ1) is 19.4. The van der Waals surface area contributed by atoms with Gasteiger partial charge in [-0.25, -0.2) is 0 Å². The first-order valence-corrected chi connectivity index (χ1v) is 10.2. The third kappa shape index (κ3) is 9.84. The quantitative estimate of drug-likeness (QED) is 0.452. The molecule has 0 saturated heterocycles. The molecule has 2 aromatic rings. The van der Waals surface area contributed by atoms with Gasteiger partial charge in [0.1, 0.15) is 0 Å². The maximum atomic E-state index is 4.81. The maximum Gasteiger partial charge on any atom is 0 e. The molecule has 0 unspecified atom stereocenters. The summed E-state index contributed by atoms with van der Waals surface area (Å²) in [4.78, 5) is 0. The first-order chi connectivity index (χ1) is 8.86. The van der Waals surface area contributed by atoms with Gasteiger partial charge >= 0.3 is 126 Å². The molecule has 0 spiro atoms. The molecule has 0 aliphatic rings. The average molecular weight is 444 g/mol. The van der Waals surface area contributed by atoms with Crippen molar-refractivity contribution in [3.05, 3.63) is 71.8 Å². The molecule has 0 aliphatic heterocycles. The molecule has 2 rings (SSSR count). The Labute approximate surface area is 142 Å². The van der Waals surface area contributed by atoms with E-state index >= 15 is 0 Å².